The van der Waals surface area contributed by atoms with E-state index in [9.17, 15) is 5.26 Å². The van der Waals surface area contributed by atoms with E-state index in [-0.39, 0.29) is 5.41 Å². The molecule has 0 atom stereocenters. The fourth-order valence-electron chi connectivity index (χ4n) is 2.96. The summed E-state index contributed by atoms with van der Waals surface area (Å²) < 4.78 is 0. The molecule has 0 spiro atoms. The maximum atomic E-state index is 9.31. The van der Waals surface area contributed by atoms with Gasteiger partial charge in [-0.05, 0) is 49.8 Å². The molecule has 1 aliphatic carbocycles. The predicted molar refractivity (Wildman–Crippen MR) is 69.0 cm³/mol. The van der Waals surface area contributed by atoms with Gasteiger partial charge in [0, 0.05) is 18.8 Å². The molecule has 2 nitrogen and oxygen atoms in total. The lowest BCUT2D eigenvalue weighted by Gasteiger charge is -2.35. The van der Waals surface area contributed by atoms with Crippen LogP contribution in [0.2, 0.25) is 0 Å². The molecule has 2 fully saturated rings. The molecule has 0 N–H and O–H groups in total. The van der Waals surface area contributed by atoms with Crippen molar-refractivity contribution in [2.45, 2.75) is 37.5 Å². The molecule has 17 heavy (non-hydrogen) atoms. The summed E-state index contributed by atoms with van der Waals surface area (Å²) >= 11 is 0. The first-order valence-electron chi connectivity index (χ1n) is 6.61. The Bertz CT molecular complexity index is 431. The van der Waals surface area contributed by atoms with E-state index in [4.69, 9.17) is 0 Å². The molecule has 1 aliphatic heterocycles. The van der Waals surface area contributed by atoms with Gasteiger partial charge in [0.05, 0.1) is 11.5 Å². The SMILES string of the molecule is N#CC1(c2ccc(N3CCCC3)cc2)CCC1. The first kappa shape index (κ1) is 10.7. The van der Waals surface area contributed by atoms with Crippen LogP contribution in [-0.4, -0.2) is 13.1 Å². The topological polar surface area (TPSA) is 27.0 Å². The molecular weight excluding hydrogens is 208 g/mol. The van der Waals surface area contributed by atoms with Crippen LogP contribution >= 0.6 is 0 Å². The first-order valence-corrected chi connectivity index (χ1v) is 6.61. The molecule has 1 heterocycles. The Morgan fingerprint density at radius 3 is 2.12 bits per heavy atom. The van der Waals surface area contributed by atoms with Crippen molar-refractivity contribution in [3.8, 4) is 6.07 Å². The van der Waals surface area contributed by atoms with Crippen molar-refractivity contribution in [2.24, 2.45) is 0 Å². The highest BCUT2D eigenvalue weighted by Gasteiger charge is 2.38. The molecule has 1 aromatic rings. The van der Waals surface area contributed by atoms with Crippen molar-refractivity contribution in [2.75, 3.05) is 18.0 Å². The Hall–Kier alpha value is -1.49. The summed E-state index contributed by atoms with van der Waals surface area (Å²) in [6, 6.07) is 11.2. The maximum Gasteiger partial charge on any atom is 0.0822 e. The molecule has 0 amide bonds. The van der Waals surface area contributed by atoms with E-state index in [2.05, 4.69) is 35.2 Å². The molecule has 1 aromatic carbocycles. The summed E-state index contributed by atoms with van der Waals surface area (Å²) in [5.74, 6) is 0. The van der Waals surface area contributed by atoms with E-state index < -0.39 is 0 Å². The minimum atomic E-state index is -0.163. The van der Waals surface area contributed by atoms with Gasteiger partial charge in [0.25, 0.3) is 0 Å². The van der Waals surface area contributed by atoms with Crippen LogP contribution < -0.4 is 4.90 Å². The van der Waals surface area contributed by atoms with Crippen molar-refractivity contribution in [1.29, 1.82) is 5.26 Å². The van der Waals surface area contributed by atoms with E-state index >= 15 is 0 Å². The Morgan fingerprint density at radius 1 is 1.00 bits per heavy atom. The Morgan fingerprint density at radius 2 is 1.65 bits per heavy atom. The van der Waals surface area contributed by atoms with Gasteiger partial charge >= 0.3 is 0 Å². The molecular formula is C15H18N2. The average molecular weight is 226 g/mol. The summed E-state index contributed by atoms with van der Waals surface area (Å²) in [4.78, 5) is 2.43. The standard InChI is InChI=1S/C15H18N2/c16-12-15(8-3-9-15)13-4-6-14(7-5-13)17-10-1-2-11-17/h4-7H,1-3,8-11H2. The number of benzene rings is 1. The molecule has 1 saturated heterocycles. The van der Waals surface area contributed by atoms with Gasteiger partial charge in [-0.3, -0.25) is 0 Å². The van der Waals surface area contributed by atoms with Crippen LogP contribution in [0, 0.1) is 11.3 Å². The normalized spacial score (nSPS) is 21.9. The number of nitrogens with zero attached hydrogens (tertiary/aromatic N) is 2. The third kappa shape index (κ3) is 1.70. The highest BCUT2D eigenvalue weighted by Crippen LogP contribution is 2.43. The second-order valence-corrected chi connectivity index (χ2v) is 5.29. The van der Waals surface area contributed by atoms with E-state index in [1.54, 1.807) is 0 Å². The number of hydrogen-bond donors (Lipinski definition) is 0. The fourth-order valence-corrected chi connectivity index (χ4v) is 2.96. The highest BCUT2D eigenvalue weighted by atomic mass is 15.1. The summed E-state index contributed by atoms with van der Waals surface area (Å²) in [5.41, 5.74) is 2.37. The van der Waals surface area contributed by atoms with E-state index in [0.29, 0.717) is 0 Å². The lowest BCUT2D eigenvalue weighted by Crippen LogP contribution is -2.32. The zero-order chi connectivity index (χ0) is 11.7. The second kappa shape index (κ2) is 4.07. The third-order valence-corrected chi connectivity index (χ3v) is 4.31. The van der Waals surface area contributed by atoms with Crippen molar-refractivity contribution in [3.63, 3.8) is 0 Å². The molecule has 88 valence electrons. The molecule has 1 saturated carbocycles. The van der Waals surface area contributed by atoms with Crippen LogP contribution in [0.25, 0.3) is 0 Å². The van der Waals surface area contributed by atoms with Crippen molar-refractivity contribution in [1.82, 2.24) is 0 Å². The Kier molecular flexibility index (Phi) is 2.55. The van der Waals surface area contributed by atoms with Crippen LogP contribution in [0.1, 0.15) is 37.7 Å². The Balaban J connectivity index is 1.82. The molecule has 3 rings (SSSR count). The Labute approximate surface area is 103 Å². The van der Waals surface area contributed by atoms with Gasteiger partial charge in [0.1, 0.15) is 0 Å². The van der Waals surface area contributed by atoms with E-state index in [1.165, 1.54) is 43.6 Å². The summed E-state index contributed by atoms with van der Waals surface area (Å²) in [7, 11) is 0. The highest BCUT2D eigenvalue weighted by molar-refractivity contribution is 5.50. The summed E-state index contributed by atoms with van der Waals surface area (Å²) in [6.07, 6.45) is 5.88. The first-order chi connectivity index (χ1) is 8.34. The largest absolute Gasteiger partial charge is 0.372 e. The second-order valence-electron chi connectivity index (χ2n) is 5.29. The van der Waals surface area contributed by atoms with Crippen molar-refractivity contribution >= 4 is 5.69 Å². The van der Waals surface area contributed by atoms with Gasteiger partial charge in [-0.2, -0.15) is 5.26 Å². The summed E-state index contributed by atoms with van der Waals surface area (Å²) in [5, 5.41) is 9.31. The monoisotopic (exact) mass is 226 g/mol. The van der Waals surface area contributed by atoms with Crippen LogP contribution in [0.5, 0.6) is 0 Å². The van der Waals surface area contributed by atoms with E-state index in [1.807, 2.05) is 0 Å². The van der Waals surface area contributed by atoms with Crippen LogP contribution in [-0.2, 0) is 5.41 Å². The van der Waals surface area contributed by atoms with Crippen LogP contribution in [0.15, 0.2) is 24.3 Å². The number of rotatable bonds is 2. The van der Waals surface area contributed by atoms with Gasteiger partial charge < -0.3 is 4.90 Å². The van der Waals surface area contributed by atoms with Crippen LogP contribution in [0.3, 0.4) is 0 Å². The number of hydrogen-bond acceptors (Lipinski definition) is 2. The maximum absolute atomic E-state index is 9.31. The van der Waals surface area contributed by atoms with Crippen molar-refractivity contribution in [3.05, 3.63) is 29.8 Å². The number of nitriles is 1. The minimum Gasteiger partial charge on any atom is -0.372 e. The van der Waals surface area contributed by atoms with Crippen LogP contribution in [0.4, 0.5) is 5.69 Å². The lowest BCUT2D eigenvalue weighted by molar-refractivity contribution is 0.324. The smallest absolute Gasteiger partial charge is 0.0822 e. The van der Waals surface area contributed by atoms with Gasteiger partial charge in [-0.1, -0.05) is 12.1 Å². The zero-order valence-electron chi connectivity index (χ0n) is 10.2. The van der Waals surface area contributed by atoms with Gasteiger partial charge in [-0.15, -0.1) is 0 Å². The molecule has 0 unspecified atom stereocenters. The lowest BCUT2D eigenvalue weighted by atomic mass is 9.65. The summed E-state index contributed by atoms with van der Waals surface area (Å²) in [6.45, 7) is 2.37. The third-order valence-electron chi connectivity index (χ3n) is 4.31. The zero-order valence-corrected chi connectivity index (χ0v) is 10.2. The molecule has 2 heteroatoms. The molecule has 0 bridgehead atoms. The minimum absolute atomic E-state index is 0.163. The fraction of sp³-hybridized carbons (Fsp3) is 0.533. The van der Waals surface area contributed by atoms with Gasteiger partial charge in [-0.25, -0.2) is 0 Å². The van der Waals surface area contributed by atoms with Crippen molar-refractivity contribution < 1.29 is 0 Å². The molecule has 0 aromatic heterocycles. The van der Waals surface area contributed by atoms with E-state index in [0.717, 1.165) is 12.8 Å². The number of anilines is 1. The van der Waals surface area contributed by atoms with Gasteiger partial charge in [0.15, 0.2) is 0 Å². The predicted octanol–water partition coefficient (Wildman–Crippen LogP) is 3.23. The average Bonchev–Trinajstić information content (AvgIpc) is 2.83. The van der Waals surface area contributed by atoms with Gasteiger partial charge in [0.2, 0.25) is 0 Å². The quantitative estimate of drug-likeness (QED) is 0.774. The molecule has 0 radical (unpaired) electrons. The molecule has 2 aliphatic rings.